The lowest BCUT2D eigenvalue weighted by atomic mass is 9.97. The number of rotatable bonds is 4. The minimum atomic E-state index is -0.479. The highest BCUT2D eigenvalue weighted by Crippen LogP contribution is 2.34. The third-order valence-corrected chi connectivity index (χ3v) is 3.59. The van der Waals surface area contributed by atoms with E-state index < -0.39 is 4.92 Å². The Morgan fingerprint density at radius 3 is 2.56 bits per heavy atom. The SMILES string of the molecule is NCC1(Nc2ccc([N+](=O)[O-])c(N)c2)CCCC1. The molecule has 1 fully saturated rings. The first-order valence-electron chi connectivity index (χ1n) is 6.08. The molecular formula is C12H18N4O2. The summed E-state index contributed by atoms with van der Waals surface area (Å²) in [5.74, 6) is 0. The summed E-state index contributed by atoms with van der Waals surface area (Å²) in [6.07, 6.45) is 4.38. The zero-order valence-electron chi connectivity index (χ0n) is 10.2. The second kappa shape index (κ2) is 4.81. The summed E-state index contributed by atoms with van der Waals surface area (Å²) >= 11 is 0. The largest absolute Gasteiger partial charge is 0.393 e. The molecule has 6 heteroatoms. The van der Waals surface area contributed by atoms with Crippen LogP contribution in [-0.2, 0) is 0 Å². The lowest BCUT2D eigenvalue weighted by Crippen LogP contribution is -2.42. The fourth-order valence-corrected chi connectivity index (χ4v) is 2.54. The molecule has 0 aliphatic heterocycles. The van der Waals surface area contributed by atoms with E-state index in [1.165, 1.54) is 6.07 Å². The molecule has 0 spiro atoms. The molecule has 0 radical (unpaired) electrons. The predicted octanol–water partition coefficient (Wildman–Crippen LogP) is 1.86. The Kier molecular flexibility index (Phi) is 3.38. The molecule has 6 nitrogen and oxygen atoms in total. The molecular weight excluding hydrogens is 232 g/mol. The van der Waals surface area contributed by atoms with Gasteiger partial charge in [-0.1, -0.05) is 12.8 Å². The van der Waals surface area contributed by atoms with Gasteiger partial charge in [0.05, 0.1) is 4.92 Å². The maximum Gasteiger partial charge on any atom is 0.292 e. The van der Waals surface area contributed by atoms with Gasteiger partial charge in [0, 0.05) is 23.8 Å². The Morgan fingerprint density at radius 2 is 2.06 bits per heavy atom. The van der Waals surface area contributed by atoms with Crippen molar-refractivity contribution >= 4 is 17.1 Å². The van der Waals surface area contributed by atoms with Crippen LogP contribution in [0.3, 0.4) is 0 Å². The standard InChI is InChI=1S/C12H18N4O2/c13-8-12(5-1-2-6-12)15-9-3-4-11(16(17)18)10(14)7-9/h3-4,7,15H,1-2,5-6,8,13-14H2. The number of nitro benzene ring substituents is 1. The number of nitrogen functional groups attached to an aromatic ring is 1. The summed E-state index contributed by atoms with van der Waals surface area (Å²) in [5.41, 5.74) is 12.3. The molecule has 1 aromatic carbocycles. The predicted molar refractivity (Wildman–Crippen MR) is 71.4 cm³/mol. The Bertz CT molecular complexity index is 455. The van der Waals surface area contributed by atoms with Gasteiger partial charge in [-0.05, 0) is 25.0 Å². The minimum absolute atomic E-state index is 0.0613. The molecule has 1 aliphatic rings. The van der Waals surface area contributed by atoms with Crippen molar-refractivity contribution in [2.45, 2.75) is 31.2 Å². The molecule has 0 heterocycles. The summed E-state index contributed by atoms with van der Waals surface area (Å²) in [6, 6.07) is 4.72. The highest BCUT2D eigenvalue weighted by atomic mass is 16.6. The average Bonchev–Trinajstić information content (AvgIpc) is 2.78. The van der Waals surface area contributed by atoms with Crippen LogP contribution in [0.2, 0.25) is 0 Å². The highest BCUT2D eigenvalue weighted by molar-refractivity contribution is 5.66. The normalized spacial score (nSPS) is 17.6. The molecule has 0 unspecified atom stereocenters. The van der Waals surface area contributed by atoms with Crippen LogP contribution in [0.15, 0.2) is 18.2 Å². The van der Waals surface area contributed by atoms with E-state index in [0.717, 1.165) is 31.4 Å². The molecule has 18 heavy (non-hydrogen) atoms. The first-order chi connectivity index (χ1) is 8.56. The van der Waals surface area contributed by atoms with Crippen molar-refractivity contribution in [2.24, 2.45) is 5.73 Å². The van der Waals surface area contributed by atoms with E-state index in [0.29, 0.717) is 6.54 Å². The van der Waals surface area contributed by atoms with E-state index >= 15 is 0 Å². The van der Waals surface area contributed by atoms with E-state index in [2.05, 4.69) is 5.32 Å². The Labute approximate surface area is 105 Å². The monoisotopic (exact) mass is 250 g/mol. The fourth-order valence-electron chi connectivity index (χ4n) is 2.54. The summed E-state index contributed by atoms with van der Waals surface area (Å²) in [4.78, 5) is 10.2. The second-order valence-electron chi connectivity index (χ2n) is 4.85. The molecule has 5 N–H and O–H groups in total. The molecule has 98 valence electrons. The van der Waals surface area contributed by atoms with Crippen LogP contribution in [0, 0.1) is 10.1 Å². The number of nitro groups is 1. The number of benzene rings is 1. The van der Waals surface area contributed by atoms with Gasteiger partial charge < -0.3 is 16.8 Å². The van der Waals surface area contributed by atoms with Crippen LogP contribution in [0.4, 0.5) is 17.1 Å². The maximum atomic E-state index is 10.7. The lowest BCUT2D eigenvalue weighted by Gasteiger charge is -2.30. The first-order valence-corrected chi connectivity index (χ1v) is 6.08. The molecule has 0 bridgehead atoms. The van der Waals surface area contributed by atoms with E-state index in [-0.39, 0.29) is 16.9 Å². The van der Waals surface area contributed by atoms with Crippen molar-refractivity contribution in [3.63, 3.8) is 0 Å². The summed E-state index contributed by atoms with van der Waals surface area (Å²) in [5, 5.41) is 14.1. The van der Waals surface area contributed by atoms with Crippen LogP contribution in [0.5, 0.6) is 0 Å². The van der Waals surface area contributed by atoms with Crippen molar-refractivity contribution in [2.75, 3.05) is 17.6 Å². The van der Waals surface area contributed by atoms with E-state index in [1.807, 2.05) is 0 Å². The number of nitrogens with zero attached hydrogens (tertiary/aromatic N) is 1. The van der Waals surface area contributed by atoms with Crippen molar-refractivity contribution in [3.05, 3.63) is 28.3 Å². The Hall–Kier alpha value is -1.82. The van der Waals surface area contributed by atoms with Crippen LogP contribution in [-0.4, -0.2) is 17.0 Å². The topological polar surface area (TPSA) is 107 Å². The van der Waals surface area contributed by atoms with Crippen molar-refractivity contribution in [1.82, 2.24) is 0 Å². The molecule has 0 amide bonds. The summed E-state index contributed by atoms with van der Waals surface area (Å²) in [7, 11) is 0. The fraction of sp³-hybridized carbons (Fsp3) is 0.500. The van der Waals surface area contributed by atoms with Gasteiger partial charge in [0.15, 0.2) is 0 Å². The molecule has 1 aromatic rings. The third kappa shape index (κ3) is 2.38. The minimum Gasteiger partial charge on any atom is -0.393 e. The van der Waals surface area contributed by atoms with E-state index in [1.54, 1.807) is 12.1 Å². The zero-order valence-corrected chi connectivity index (χ0v) is 10.2. The van der Waals surface area contributed by atoms with Crippen LogP contribution in [0.25, 0.3) is 0 Å². The summed E-state index contributed by atoms with van der Waals surface area (Å²) in [6.45, 7) is 0.559. The number of nitrogens with one attached hydrogen (secondary N) is 1. The Morgan fingerprint density at radius 1 is 1.39 bits per heavy atom. The molecule has 1 saturated carbocycles. The van der Waals surface area contributed by atoms with Crippen LogP contribution < -0.4 is 16.8 Å². The number of anilines is 2. The van der Waals surface area contributed by atoms with Gasteiger partial charge >= 0.3 is 0 Å². The average molecular weight is 250 g/mol. The van der Waals surface area contributed by atoms with Gasteiger partial charge in [-0.3, -0.25) is 10.1 Å². The van der Waals surface area contributed by atoms with Gasteiger partial charge in [-0.25, -0.2) is 0 Å². The Balaban J connectivity index is 2.19. The quantitative estimate of drug-likeness (QED) is 0.429. The van der Waals surface area contributed by atoms with E-state index in [4.69, 9.17) is 11.5 Å². The van der Waals surface area contributed by atoms with Gasteiger partial charge in [0.2, 0.25) is 0 Å². The molecule has 0 aromatic heterocycles. The zero-order chi connectivity index (χ0) is 13.2. The molecule has 0 saturated heterocycles. The van der Waals surface area contributed by atoms with E-state index in [9.17, 15) is 10.1 Å². The van der Waals surface area contributed by atoms with Crippen LogP contribution in [0.1, 0.15) is 25.7 Å². The third-order valence-electron chi connectivity index (χ3n) is 3.59. The molecule has 1 aliphatic carbocycles. The van der Waals surface area contributed by atoms with Gasteiger partial charge in [-0.2, -0.15) is 0 Å². The van der Waals surface area contributed by atoms with Gasteiger partial charge in [0.25, 0.3) is 5.69 Å². The first kappa shape index (κ1) is 12.6. The summed E-state index contributed by atoms with van der Waals surface area (Å²) < 4.78 is 0. The van der Waals surface area contributed by atoms with Crippen molar-refractivity contribution < 1.29 is 4.92 Å². The van der Waals surface area contributed by atoms with Gasteiger partial charge in [-0.15, -0.1) is 0 Å². The van der Waals surface area contributed by atoms with Gasteiger partial charge in [0.1, 0.15) is 5.69 Å². The lowest BCUT2D eigenvalue weighted by molar-refractivity contribution is -0.383. The molecule has 2 rings (SSSR count). The smallest absolute Gasteiger partial charge is 0.292 e. The number of hydrogen-bond acceptors (Lipinski definition) is 5. The van der Waals surface area contributed by atoms with Crippen LogP contribution >= 0.6 is 0 Å². The van der Waals surface area contributed by atoms with Crippen molar-refractivity contribution in [3.8, 4) is 0 Å². The highest BCUT2D eigenvalue weighted by Gasteiger charge is 2.32. The van der Waals surface area contributed by atoms with Crippen molar-refractivity contribution in [1.29, 1.82) is 0 Å². The second-order valence-corrected chi connectivity index (χ2v) is 4.85. The number of nitrogens with two attached hydrogens (primary N) is 2. The maximum absolute atomic E-state index is 10.7. The molecule has 0 atom stereocenters. The number of hydrogen-bond donors (Lipinski definition) is 3.